The van der Waals surface area contributed by atoms with Crippen LogP contribution in [0.1, 0.15) is 24.7 Å². The van der Waals surface area contributed by atoms with Crippen molar-refractivity contribution in [3.63, 3.8) is 0 Å². The SMILES string of the molecule is CCc1nn(C)c(CCC2CO2)c1Cl. The van der Waals surface area contributed by atoms with E-state index >= 15 is 0 Å². The fourth-order valence-corrected chi connectivity index (χ4v) is 2.01. The standard InChI is InChI=1S/C10H15ClN2O/c1-3-8-10(11)9(13(2)12-8)5-4-7-6-14-7/h7H,3-6H2,1-2H3. The van der Waals surface area contributed by atoms with Crippen LogP contribution in [-0.2, 0) is 24.6 Å². The van der Waals surface area contributed by atoms with Gasteiger partial charge in [-0.25, -0.2) is 0 Å². The molecule has 0 saturated carbocycles. The lowest BCUT2D eigenvalue weighted by Gasteiger charge is -2.00. The molecule has 14 heavy (non-hydrogen) atoms. The Morgan fingerprint density at radius 1 is 1.64 bits per heavy atom. The van der Waals surface area contributed by atoms with Crippen LogP contribution in [0.5, 0.6) is 0 Å². The summed E-state index contributed by atoms with van der Waals surface area (Å²) in [5.74, 6) is 0. The Morgan fingerprint density at radius 2 is 2.36 bits per heavy atom. The van der Waals surface area contributed by atoms with Crippen LogP contribution in [0.3, 0.4) is 0 Å². The Hall–Kier alpha value is -0.540. The van der Waals surface area contributed by atoms with E-state index in [0.29, 0.717) is 6.10 Å². The number of halogens is 1. The second kappa shape index (κ2) is 3.91. The Labute approximate surface area is 89.0 Å². The third kappa shape index (κ3) is 1.93. The summed E-state index contributed by atoms with van der Waals surface area (Å²) >= 11 is 6.21. The van der Waals surface area contributed by atoms with Crippen LogP contribution in [0, 0.1) is 0 Å². The average Bonchev–Trinajstić information content (AvgIpc) is 2.93. The third-order valence-electron chi connectivity index (χ3n) is 2.61. The van der Waals surface area contributed by atoms with Crippen molar-refractivity contribution in [1.82, 2.24) is 9.78 Å². The molecule has 1 saturated heterocycles. The van der Waals surface area contributed by atoms with Gasteiger partial charge in [0.25, 0.3) is 0 Å². The van der Waals surface area contributed by atoms with Gasteiger partial charge in [0.2, 0.25) is 0 Å². The molecule has 2 heterocycles. The summed E-state index contributed by atoms with van der Waals surface area (Å²) in [5.41, 5.74) is 2.14. The zero-order chi connectivity index (χ0) is 10.1. The van der Waals surface area contributed by atoms with Gasteiger partial charge in [0.05, 0.1) is 29.1 Å². The predicted octanol–water partition coefficient (Wildman–Crippen LogP) is 1.97. The Morgan fingerprint density at radius 3 is 2.86 bits per heavy atom. The molecule has 0 amide bonds. The number of rotatable bonds is 4. The van der Waals surface area contributed by atoms with Gasteiger partial charge in [0, 0.05) is 7.05 Å². The minimum Gasteiger partial charge on any atom is -0.373 e. The van der Waals surface area contributed by atoms with Crippen molar-refractivity contribution in [1.29, 1.82) is 0 Å². The van der Waals surface area contributed by atoms with Gasteiger partial charge in [-0.2, -0.15) is 5.10 Å². The van der Waals surface area contributed by atoms with Gasteiger partial charge < -0.3 is 4.74 Å². The second-order valence-corrected chi connectivity index (χ2v) is 4.06. The Balaban J connectivity index is 2.09. The molecular weight excluding hydrogens is 200 g/mol. The highest BCUT2D eigenvalue weighted by Gasteiger charge is 2.23. The molecule has 0 aliphatic carbocycles. The van der Waals surface area contributed by atoms with Crippen LogP contribution < -0.4 is 0 Å². The summed E-state index contributed by atoms with van der Waals surface area (Å²) in [5, 5.41) is 5.21. The Bertz CT molecular complexity index is 331. The van der Waals surface area contributed by atoms with E-state index < -0.39 is 0 Å². The lowest BCUT2D eigenvalue weighted by atomic mass is 10.2. The number of ether oxygens (including phenoxy) is 1. The zero-order valence-electron chi connectivity index (χ0n) is 8.59. The molecule has 3 nitrogen and oxygen atoms in total. The molecule has 1 aliphatic rings. The minimum absolute atomic E-state index is 0.464. The molecule has 0 N–H and O–H groups in total. The van der Waals surface area contributed by atoms with E-state index in [0.717, 1.165) is 42.3 Å². The highest BCUT2D eigenvalue weighted by atomic mass is 35.5. The van der Waals surface area contributed by atoms with Crippen molar-refractivity contribution >= 4 is 11.6 Å². The van der Waals surface area contributed by atoms with Crippen LogP contribution in [0.25, 0.3) is 0 Å². The summed E-state index contributed by atoms with van der Waals surface area (Å²) in [4.78, 5) is 0. The van der Waals surface area contributed by atoms with Crippen molar-refractivity contribution < 1.29 is 4.74 Å². The molecule has 1 fully saturated rings. The molecule has 0 bridgehead atoms. The number of aromatic nitrogens is 2. The molecule has 4 heteroatoms. The van der Waals surface area contributed by atoms with Crippen molar-refractivity contribution in [3.8, 4) is 0 Å². The molecule has 1 atom stereocenters. The highest BCUT2D eigenvalue weighted by Crippen LogP contribution is 2.24. The summed E-state index contributed by atoms with van der Waals surface area (Å²) in [7, 11) is 1.95. The van der Waals surface area contributed by atoms with E-state index in [1.165, 1.54) is 0 Å². The fraction of sp³-hybridized carbons (Fsp3) is 0.700. The fourth-order valence-electron chi connectivity index (χ4n) is 1.62. The van der Waals surface area contributed by atoms with Crippen molar-refractivity contribution in [3.05, 3.63) is 16.4 Å². The first kappa shape index (κ1) is 9.99. The summed E-state index contributed by atoms with van der Waals surface area (Å²) in [6.07, 6.45) is 3.38. The van der Waals surface area contributed by atoms with Gasteiger partial charge in [-0.15, -0.1) is 0 Å². The number of hydrogen-bond acceptors (Lipinski definition) is 2. The zero-order valence-corrected chi connectivity index (χ0v) is 9.34. The molecule has 1 aliphatic heterocycles. The maximum absolute atomic E-state index is 6.21. The maximum Gasteiger partial charge on any atom is 0.0849 e. The topological polar surface area (TPSA) is 30.4 Å². The maximum atomic E-state index is 6.21. The number of nitrogens with zero attached hydrogens (tertiary/aromatic N) is 2. The normalized spacial score (nSPS) is 20.1. The average molecular weight is 215 g/mol. The molecule has 0 aromatic carbocycles. The second-order valence-electron chi connectivity index (χ2n) is 3.68. The van der Waals surface area contributed by atoms with Gasteiger partial charge in [0.15, 0.2) is 0 Å². The van der Waals surface area contributed by atoms with Gasteiger partial charge >= 0.3 is 0 Å². The van der Waals surface area contributed by atoms with Crippen LogP contribution in [0.2, 0.25) is 5.02 Å². The van der Waals surface area contributed by atoms with Crippen LogP contribution >= 0.6 is 11.6 Å². The molecule has 1 aromatic rings. The molecule has 0 spiro atoms. The smallest absolute Gasteiger partial charge is 0.0849 e. The van der Waals surface area contributed by atoms with Crippen molar-refractivity contribution in [2.75, 3.05) is 6.61 Å². The van der Waals surface area contributed by atoms with Crippen LogP contribution in [0.15, 0.2) is 0 Å². The highest BCUT2D eigenvalue weighted by molar-refractivity contribution is 6.31. The number of epoxide rings is 1. The summed E-state index contributed by atoms with van der Waals surface area (Å²) < 4.78 is 7.06. The van der Waals surface area contributed by atoms with E-state index in [1.807, 2.05) is 11.7 Å². The Kier molecular flexibility index (Phi) is 2.79. The van der Waals surface area contributed by atoms with E-state index in [-0.39, 0.29) is 0 Å². The van der Waals surface area contributed by atoms with Crippen LogP contribution in [0.4, 0.5) is 0 Å². The first-order valence-corrected chi connectivity index (χ1v) is 5.42. The molecular formula is C10H15ClN2O. The first-order valence-electron chi connectivity index (χ1n) is 5.04. The van der Waals surface area contributed by atoms with Gasteiger partial charge in [-0.3, -0.25) is 4.68 Å². The predicted molar refractivity (Wildman–Crippen MR) is 55.7 cm³/mol. The quantitative estimate of drug-likeness (QED) is 0.718. The summed E-state index contributed by atoms with van der Waals surface area (Å²) in [6.45, 7) is 2.98. The lowest BCUT2D eigenvalue weighted by Crippen LogP contribution is -2.00. The van der Waals surface area contributed by atoms with Gasteiger partial charge in [0.1, 0.15) is 0 Å². The summed E-state index contributed by atoms with van der Waals surface area (Å²) in [6, 6.07) is 0. The van der Waals surface area contributed by atoms with Gasteiger partial charge in [-0.1, -0.05) is 18.5 Å². The minimum atomic E-state index is 0.464. The van der Waals surface area contributed by atoms with E-state index in [4.69, 9.17) is 16.3 Å². The molecule has 1 aromatic heterocycles. The molecule has 1 unspecified atom stereocenters. The molecule has 78 valence electrons. The number of hydrogen-bond donors (Lipinski definition) is 0. The van der Waals surface area contributed by atoms with Crippen molar-refractivity contribution in [2.45, 2.75) is 32.3 Å². The van der Waals surface area contributed by atoms with E-state index in [2.05, 4.69) is 12.0 Å². The van der Waals surface area contributed by atoms with Crippen molar-refractivity contribution in [2.24, 2.45) is 7.05 Å². The number of aryl methyl sites for hydroxylation is 2. The van der Waals surface area contributed by atoms with E-state index in [1.54, 1.807) is 0 Å². The first-order chi connectivity index (χ1) is 6.72. The molecule has 0 radical (unpaired) electrons. The lowest BCUT2D eigenvalue weighted by molar-refractivity contribution is 0.395. The molecule has 2 rings (SSSR count). The largest absolute Gasteiger partial charge is 0.373 e. The van der Waals surface area contributed by atoms with E-state index in [9.17, 15) is 0 Å². The third-order valence-corrected chi connectivity index (χ3v) is 3.04. The monoisotopic (exact) mass is 214 g/mol. The van der Waals surface area contributed by atoms with Gasteiger partial charge in [-0.05, 0) is 19.3 Å². The van der Waals surface area contributed by atoms with Crippen LogP contribution in [-0.4, -0.2) is 22.5 Å².